The Balaban J connectivity index is 1.64. The number of benzene rings is 1. The minimum absolute atomic E-state index is 0.0720. The topological polar surface area (TPSA) is 49.9 Å². The van der Waals surface area contributed by atoms with E-state index in [-0.39, 0.29) is 24.1 Å². The number of hydrogen-bond acceptors (Lipinski definition) is 3. The van der Waals surface area contributed by atoms with E-state index in [1.165, 1.54) is 4.90 Å². The monoisotopic (exact) mass is 288 g/mol. The lowest BCUT2D eigenvalue weighted by Crippen LogP contribution is -2.39. The predicted octanol–water partition coefficient (Wildman–Crippen LogP) is 2.19. The van der Waals surface area contributed by atoms with Crippen LogP contribution in [0.1, 0.15) is 25.3 Å². The van der Waals surface area contributed by atoms with Crippen molar-refractivity contribution < 1.29 is 14.3 Å². The molecule has 5 heteroatoms. The van der Waals surface area contributed by atoms with Crippen LogP contribution in [0.2, 0.25) is 0 Å². The van der Waals surface area contributed by atoms with Crippen LogP contribution in [0.25, 0.3) is 0 Å². The fourth-order valence-corrected chi connectivity index (χ4v) is 3.07. The zero-order valence-electron chi connectivity index (χ0n) is 12.4. The molecule has 0 spiro atoms. The number of amides is 3. The number of carbonyl (C=O) groups is 2. The van der Waals surface area contributed by atoms with Crippen molar-refractivity contribution >= 4 is 11.9 Å². The van der Waals surface area contributed by atoms with Crippen LogP contribution >= 0.6 is 0 Å². The Morgan fingerprint density at radius 2 is 2.19 bits per heavy atom. The van der Waals surface area contributed by atoms with E-state index in [4.69, 9.17) is 4.74 Å². The average Bonchev–Trinajstić information content (AvgIpc) is 2.99. The van der Waals surface area contributed by atoms with Gasteiger partial charge in [0.05, 0.1) is 6.54 Å². The van der Waals surface area contributed by atoms with E-state index in [0.29, 0.717) is 13.1 Å². The highest BCUT2D eigenvalue weighted by Crippen LogP contribution is 2.27. The first-order valence-electron chi connectivity index (χ1n) is 7.41. The van der Waals surface area contributed by atoms with Gasteiger partial charge >= 0.3 is 6.03 Å². The lowest BCUT2D eigenvalue weighted by atomic mass is 10.2. The molecular weight excluding hydrogens is 268 g/mol. The van der Waals surface area contributed by atoms with Gasteiger partial charge in [0.1, 0.15) is 17.9 Å². The van der Waals surface area contributed by atoms with Gasteiger partial charge in [0.15, 0.2) is 0 Å². The second-order valence-corrected chi connectivity index (χ2v) is 5.83. The Hall–Kier alpha value is -2.04. The summed E-state index contributed by atoms with van der Waals surface area (Å²) in [5, 5.41) is 0. The summed E-state index contributed by atoms with van der Waals surface area (Å²) in [4.78, 5) is 27.5. The molecule has 3 amide bonds. The summed E-state index contributed by atoms with van der Waals surface area (Å²) in [6, 6.07) is 7.36. The van der Waals surface area contributed by atoms with Crippen LogP contribution in [0.5, 0.6) is 5.75 Å². The summed E-state index contributed by atoms with van der Waals surface area (Å²) >= 11 is 0. The van der Waals surface area contributed by atoms with E-state index in [2.05, 4.69) is 0 Å². The summed E-state index contributed by atoms with van der Waals surface area (Å²) in [5.74, 6) is 0.694. The largest absolute Gasteiger partial charge is 0.489 e. The number of fused-ring (bicyclic) bond motifs is 1. The highest BCUT2D eigenvalue weighted by molar-refractivity contribution is 6.04. The Bertz CT molecular complexity index is 550. The number of ether oxygens (including phenoxy) is 1. The van der Waals surface area contributed by atoms with Crippen molar-refractivity contribution in [1.29, 1.82) is 0 Å². The number of aryl methyl sites for hydroxylation is 1. The predicted molar refractivity (Wildman–Crippen MR) is 78.1 cm³/mol. The molecule has 0 N–H and O–H groups in total. The molecule has 0 aliphatic carbocycles. The van der Waals surface area contributed by atoms with Crippen molar-refractivity contribution in [2.24, 2.45) is 0 Å². The Morgan fingerprint density at radius 1 is 1.38 bits per heavy atom. The molecule has 0 bridgehead atoms. The fourth-order valence-electron chi connectivity index (χ4n) is 3.07. The van der Waals surface area contributed by atoms with E-state index in [9.17, 15) is 9.59 Å². The molecule has 2 atom stereocenters. The summed E-state index contributed by atoms with van der Waals surface area (Å²) in [7, 11) is 0. The van der Waals surface area contributed by atoms with Crippen molar-refractivity contribution in [3.05, 3.63) is 29.8 Å². The maximum absolute atomic E-state index is 12.2. The number of nitrogens with zero attached hydrogens (tertiary/aromatic N) is 2. The molecule has 0 saturated carbocycles. The molecule has 2 fully saturated rings. The van der Waals surface area contributed by atoms with Gasteiger partial charge in [-0.3, -0.25) is 9.69 Å². The van der Waals surface area contributed by atoms with Crippen molar-refractivity contribution in [3.8, 4) is 5.75 Å². The molecular formula is C16H20N2O3. The molecule has 112 valence electrons. The number of carbonyl (C=O) groups excluding carboxylic acids is 2. The fraction of sp³-hybridized carbons (Fsp3) is 0.500. The van der Waals surface area contributed by atoms with E-state index >= 15 is 0 Å². The molecule has 2 saturated heterocycles. The highest BCUT2D eigenvalue weighted by Gasteiger charge is 2.47. The van der Waals surface area contributed by atoms with Crippen LogP contribution in [0, 0.1) is 6.92 Å². The normalized spacial score (nSPS) is 22.7. The average molecular weight is 288 g/mol. The summed E-state index contributed by atoms with van der Waals surface area (Å²) in [6.45, 7) is 4.88. The SMILES string of the molecule is Cc1cccc(O[C@H](C)CN2C(=O)[C@@H]3CCCN3C2=O)c1. The third kappa shape index (κ3) is 2.60. The second-order valence-electron chi connectivity index (χ2n) is 5.83. The van der Waals surface area contributed by atoms with Crippen LogP contribution in [-0.4, -0.2) is 47.0 Å². The first kappa shape index (κ1) is 13.9. The van der Waals surface area contributed by atoms with Crippen LogP contribution in [-0.2, 0) is 4.79 Å². The highest BCUT2D eigenvalue weighted by atomic mass is 16.5. The molecule has 2 heterocycles. The Morgan fingerprint density at radius 3 is 2.90 bits per heavy atom. The van der Waals surface area contributed by atoms with Gasteiger partial charge in [0.25, 0.3) is 5.91 Å². The first-order valence-corrected chi connectivity index (χ1v) is 7.41. The van der Waals surface area contributed by atoms with E-state index in [0.717, 1.165) is 24.2 Å². The molecule has 0 radical (unpaired) electrons. The minimum atomic E-state index is -0.233. The van der Waals surface area contributed by atoms with Gasteiger partial charge in [-0.25, -0.2) is 4.79 Å². The third-order valence-electron chi connectivity index (χ3n) is 4.05. The van der Waals surface area contributed by atoms with E-state index in [1.54, 1.807) is 4.90 Å². The molecule has 0 unspecified atom stereocenters. The van der Waals surface area contributed by atoms with Crippen molar-refractivity contribution in [3.63, 3.8) is 0 Å². The zero-order chi connectivity index (χ0) is 15.0. The number of urea groups is 1. The van der Waals surface area contributed by atoms with Crippen LogP contribution in [0.15, 0.2) is 24.3 Å². The molecule has 2 aliphatic heterocycles. The van der Waals surface area contributed by atoms with Crippen LogP contribution in [0.4, 0.5) is 4.79 Å². The van der Waals surface area contributed by atoms with Gasteiger partial charge in [-0.05, 0) is 44.4 Å². The van der Waals surface area contributed by atoms with Crippen molar-refractivity contribution in [1.82, 2.24) is 9.80 Å². The Kier molecular flexibility index (Phi) is 3.57. The van der Waals surface area contributed by atoms with Gasteiger partial charge in [0.2, 0.25) is 0 Å². The quantitative estimate of drug-likeness (QED) is 0.798. The van der Waals surface area contributed by atoms with E-state index < -0.39 is 0 Å². The minimum Gasteiger partial charge on any atom is -0.489 e. The van der Waals surface area contributed by atoms with Crippen molar-refractivity contribution in [2.45, 2.75) is 38.8 Å². The summed E-state index contributed by atoms with van der Waals surface area (Å²) < 4.78 is 5.81. The lowest BCUT2D eigenvalue weighted by Gasteiger charge is -2.21. The van der Waals surface area contributed by atoms with Crippen molar-refractivity contribution in [2.75, 3.05) is 13.1 Å². The Labute approximate surface area is 124 Å². The van der Waals surface area contributed by atoms with Gasteiger partial charge in [-0.15, -0.1) is 0 Å². The summed E-state index contributed by atoms with van der Waals surface area (Å²) in [5.41, 5.74) is 1.12. The lowest BCUT2D eigenvalue weighted by molar-refractivity contribution is -0.128. The molecule has 2 aliphatic rings. The third-order valence-corrected chi connectivity index (χ3v) is 4.05. The van der Waals surface area contributed by atoms with Crippen LogP contribution in [0.3, 0.4) is 0 Å². The van der Waals surface area contributed by atoms with Gasteiger partial charge in [-0.2, -0.15) is 0 Å². The smallest absolute Gasteiger partial charge is 0.327 e. The number of rotatable bonds is 4. The standard InChI is InChI=1S/C16H20N2O3/c1-11-5-3-6-13(9-11)21-12(2)10-18-15(19)14-7-4-8-17(14)16(18)20/h3,5-6,9,12,14H,4,7-8,10H2,1-2H3/t12-,14+/m1/s1. The summed E-state index contributed by atoms with van der Waals surface area (Å²) in [6.07, 6.45) is 1.49. The number of hydrogen-bond donors (Lipinski definition) is 0. The maximum Gasteiger partial charge on any atom is 0.327 e. The second kappa shape index (κ2) is 5.39. The van der Waals surface area contributed by atoms with Crippen LogP contribution < -0.4 is 4.74 Å². The van der Waals surface area contributed by atoms with Gasteiger partial charge in [-0.1, -0.05) is 12.1 Å². The molecule has 1 aromatic rings. The molecule has 21 heavy (non-hydrogen) atoms. The molecule has 5 nitrogen and oxygen atoms in total. The van der Waals surface area contributed by atoms with Gasteiger partial charge in [0, 0.05) is 6.54 Å². The maximum atomic E-state index is 12.2. The molecule has 1 aromatic carbocycles. The number of imide groups is 1. The first-order chi connectivity index (χ1) is 10.1. The molecule has 0 aromatic heterocycles. The van der Waals surface area contributed by atoms with Gasteiger partial charge < -0.3 is 9.64 Å². The van der Waals surface area contributed by atoms with E-state index in [1.807, 2.05) is 38.1 Å². The molecule has 3 rings (SSSR count). The zero-order valence-corrected chi connectivity index (χ0v) is 12.4.